The van der Waals surface area contributed by atoms with Crippen molar-refractivity contribution >= 4 is 12.0 Å². The van der Waals surface area contributed by atoms with Crippen molar-refractivity contribution < 1.29 is 20.1 Å². The number of carboxylic acids is 1. The van der Waals surface area contributed by atoms with Crippen molar-refractivity contribution in [2.24, 2.45) is 0 Å². The zero-order valence-electron chi connectivity index (χ0n) is 8.27. The highest BCUT2D eigenvalue weighted by Crippen LogP contribution is 2.32. The van der Waals surface area contributed by atoms with Gasteiger partial charge in [-0.1, -0.05) is 13.0 Å². The number of carbonyl (C=O) groups is 1. The van der Waals surface area contributed by atoms with Crippen LogP contribution in [0.3, 0.4) is 0 Å². The Morgan fingerprint density at radius 3 is 2.60 bits per heavy atom. The minimum atomic E-state index is -1.05. The summed E-state index contributed by atoms with van der Waals surface area (Å²) >= 11 is 0. The smallest absolute Gasteiger partial charge is 0.328 e. The molecule has 0 aliphatic heterocycles. The molecule has 0 atom stereocenters. The van der Waals surface area contributed by atoms with E-state index in [-0.39, 0.29) is 11.5 Å². The number of phenols is 2. The first-order valence-electron chi connectivity index (χ1n) is 4.51. The molecule has 0 aliphatic carbocycles. The molecule has 1 rings (SSSR count). The SMILES string of the molecule is CCc1c(/C=C/C(=O)O)ccc(O)c1O. The van der Waals surface area contributed by atoms with Crippen LogP contribution < -0.4 is 0 Å². The summed E-state index contributed by atoms with van der Waals surface area (Å²) in [6, 6.07) is 2.89. The Balaban J connectivity index is 3.19. The van der Waals surface area contributed by atoms with Crippen molar-refractivity contribution in [1.29, 1.82) is 0 Å². The van der Waals surface area contributed by atoms with Gasteiger partial charge in [0.25, 0.3) is 0 Å². The van der Waals surface area contributed by atoms with Crippen LogP contribution in [0, 0.1) is 0 Å². The maximum Gasteiger partial charge on any atom is 0.328 e. The summed E-state index contributed by atoms with van der Waals surface area (Å²) in [6.45, 7) is 1.81. The topological polar surface area (TPSA) is 77.8 Å². The van der Waals surface area contributed by atoms with E-state index in [0.717, 1.165) is 6.08 Å². The van der Waals surface area contributed by atoms with Crippen molar-refractivity contribution in [3.63, 3.8) is 0 Å². The van der Waals surface area contributed by atoms with E-state index in [1.54, 1.807) is 6.07 Å². The lowest BCUT2D eigenvalue weighted by Gasteiger charge is -2.07. The quantitative estimate of drug-likeness (QED) is 0.522. The molecule has 0 fully saturated rings. The van der Waals surface area contributed by atoms with E-state index in [2.05, 4.69) is 0 Å². The predicted molar refractivity (Wildman–Crippen MR) is 55.8 cm³/mol. The minimum Gasteiger partial charge on any atom is -0.504 e. The van der Waals surface area contributed by atoms with Crippen molar-refractivity contribution in [3.8, 4) is 11.5 Å². The van der Waals surface area contributed by atoms with Gasteiger partial charge in [-0.15, -0.1) is 0 Å². The van der Waals surface area contributed by atoms with Gasteiger partial charge in [0.05, 0.1) is 0 Å². The molecule has 1 aromatic carbocycles. The average molecular weight is 208 g/mol. The molecule has 15 heavy (non-hydrogen) atoms. The number of hydrogen-bond donors (Lipinski definition) is 3. The number of benzene rings is 1. The average Bonchev–Trinajstić information content (AvgIpc) is 2.19. The Morgan fingerprint density at radius 2 is 2.07 bits per heavy atom. The molecule has 0 saturated carbocycles. The van der Waals surface area contributed by atoms with Crippen LogP contribution >= 0.6 is 0 Å². The molecule has 4 heteroatoms. The van der Waals surface area contributed by atoms with Gasteiger partial charge in [-0.2, -0.15) is 0 Å². The monoisotopic (exact) mass is 208 g/mol. The lowest BCUT2D eigenvalue weighted by molar-refractivity contribution is -0.131. The van der Waals surface area contributed by atoms with Crippen molar-refractivity contribution in [3.05, 3.63) is 29.3 Å². The molecule has 0 spiro atoms. The van der Waals surface area contributed by atoms with Crippen LogP contribution in [0.15, 0.2) is 18.2 Å². The van der Waals surface area contributed by atoms with Gasteiger partial charge in [-0.05, 0) is 24.1 Å². The Labute approximate surface area is 87.1 Å². The lowest BCUT2D eigenvalue weighted by atomic mass is 10.0. The van der Waals surface area contributed by atoms with E-state index in [1.165, 1.54) is 12.1 Å². The van der Waals surface area contributed by atoms with Crippen LogP contribution in [-0.2, 0) is 11.2 Å². The highest BCUT2D eigenvalue weighted by atomic mass is 16.4. The molecular formula is C11H12O4. The van der Waals surface area contributed by atoms with Gasteiger partial charge in [0.2, 0.25) is 0 Å². The number of hydrogen-bond acceptors (Lipinski definition) is 3. The van der Waals surface area contributed by atoms with Gasteiger partial charge in [-0.25, -0.2) is 4.79 Å². The summed E-state index contributed by atoms with van der Waals surface area (Å²) in [6.07, 6.45) is 2.89. The van der Waals surface area contributed by atoms with Crippen LogP contribution in [-0.4, -0.2) is 21.3 Å². The fourth-order valence-corrected chi connectivity index (χ4v) is 1.33. The third kappa shape index (κ3) is 2.49. The van der Waals surface area contributed by atoms with Crippen molar-refractivity contribution in [2.75, 3.05) is 0 Å². The van der Waals surface area contributed by atoms with Crippen LogP contribution in [0.2, 0.25) is 0 Å². The Bertz CT molecular complexity index is 407. The third-order valence-electron chi connectivity index (χ3n) is 2.06. The minimum absolute atomic E-state index is 0.190. The van der Waals surface area contributed by atoms with E-state index in [1.807, 2.05) is 6.92 Å². The zero-order chi connectivity index (χ0) is 11.4. The van der Waals surface area contributed by atoms with Gasteiger partial charge in [-0.3, -0.25) is 0 Å². The molecule has 0 unspecified atom stereocenters. The highest BCUT2D eigenvalue weighted by molar-refractivity contribution is 5.85. The predicted octanol–water partition coefficient (Wildman–Crippen LogP) is 1.76. The fraction of sp³-hybridized carbons (Fsp3) is 0.182. The molecule has 0 saturated heterocycles. The first kappa shape index (κ1) is 11.1. The molecule has 1 aromatic rings. The van der Waals surface area contributed by atoms with E-state index in [9.17, 15) is 15.0 Å². The molecule has 0 bridgehead atoms. The van der Waals surface area contributed by atoms with Crippen molar-refractivity contribution in [1.82, 2.24) is 0 Å². The molecule has 0 aliphatic rings. The third-order valence-corrected chi connectivity index (χ3v) is 2.06. The van der Waals surface area contributed by atoms with Crippen LogP contribution in [0.25, 0.3) is 6.08 Å². The molecule has 0 amide bonds. The molecule has 80 valence electrons. The van der Waals surface area contributed by atoms with Crippen LogP contribution in [0.4, 0.5) is 0 Å². The number of carboxylic acid groups (broad SMARTS) is 1. The summed E-state index contributed by atoms with van der Waals surface area (Å²) in [7, 11) is 0. The lowest BCUT2D eigenvalue weighted by Crippen LogP contribution is -1.90. The van der Waals surface area contributed by atoms with Gasteiger partial charge < -0.3 is 15.3 Å². The largest absolute Gasteiger partial charge is 0.504 e. The first-order valence-corrected chi connectivity index (χ1v) is 4.51. The summed E-state index contributed by atoms with van der Waals surface area (Å²) < 4.78 is 0. The molecule has 3 N–H and O–H groups in total. The summed E-state index contributed by atoms with van der Waals surface area (Å²) in [5, 5.41) is 27.2. The van der Waals surface area contributed by atoms with Crippen LogP contribution in [0.1, 0.15) is 18.1 Å². The second-order valence-electron chi connectivity index (χ2n) is 3.03. The second kappa shape index (κ2) is 4.50. The van der Waals surface area contributed by atoms with E-state index in [4.69, 9.17) is 5.11 Å². The number of aromatic hydroxyl groups is 2. The summed E-state index contributed by atoms with van der Waals surface area (Å²) in [5.41, 5.74) is 1.13. The van der Waals surface area contributed by atoms with Gasteiger partial charge >= 0.3 is 5.97 Å². The molecule has 0 aromatic heterocycles. The zero-order valence-corrected chi connectivity index (χ0v) is 8.27. The second-order valence-corrected chi connectivity index (χ2v) is 3.03. The molecular weight excluding hydrogens is 196 g/mol. The first-order chi connectivity index (χ1) is 7.06. The Morgan fingerprint density at radius 1 is 1.40 bits per heavy atom. The number of phenolic OH excluding ortho intramolecular Hbond substituents is 2. The van der Waals surface area contributed by atoms with E-state index in [0.29, 0.717) is 17.5 Å². The van der Waals surface area contributed by atoms with Gasteiger partial charge in [0.15, 0.2) is 11.5 Å². The number of rotatable bonds is 3. The number of aliphatic carboxylic acids is 1. The maximum atomic E-state index is 10.3. The van der Waals surface area contributed by atoms with Crippen molar-refractivity contribution in [2.45, 2.75) is 13.3 Å². The van der Waals surface area contributed by atoms with Gasteiger partial charge in [0.1, 0.15) is 0 Å². The molecule has 0 heterocycles. The van der Waals surface area contributed by atoms with E-state index >= 15 is 0 Å². The maximum absolute atomic E-state index is 10.3. The summed E-state index contributed by atoms with van der Waals surface area (Å²) in [4.78, 5) is 10.3. The Kier molecular flexibility index (Phi) is 3.33. The normalized spacial score (nSPS) is 10.7. The Hall–Kier alpha value is -1.97. The fourth-order valence-electron chi connectivity index (χ4n) is 1.33. The van der Waals surface area contributed by atoms with E-state index < -0.39 is 5.97 Å². The highest BCUT2D eigenvalue weighted by Gasteiger charge is 2.08. The molecule has 4 nitrogen and oxygen atoms in total. The van der Waals surface area contributed by atoms with Crippen LogP contribution in [0.5, 0.6) is 11.5 Å². The molecule has 0 radical (unpaired) electrons. The van der Waals surface area contributed by atoms with Gasteiger partial charge in [0, 0.05) is 11.6 Å². The summed E-state index contributed by atoms with van der Waals surface area (Å²) in [5.74, 6) is -1.44. The standard InChI is InChI=1S/C11H12O4/c1-2-8-7(4-6-10(13)14)3-5-9(12)11(8)15/h3-6,12,15H,2H2,1H3,(H,13,14)/b6-4+.